The summed E-state index contributed by atoms with van der Waals surface area (Å²) in [5, 5.41) is 38.1. The third-order valence-electron chi connectivity index (χ3n) is 14.7. The Morgan fingerprint density at radius 2 is 1.67 bits per heavy atom. The average Bonchev–Trinajstić information content (AvgIpc) is 3.57. The summed E-state index contributed by atoms with van der Waals surface area (Å²) in [4.78, 5) is 45.6. The molecule has 11 atom stereocenters. The van der Waals surface area contributed by atoms with Gasteiger partial charge in [0.05, 0.1) is 44.3 Å². The lowest BCUT2D eigenvalue weighted by molar-refractivity contribution is -0.183. The van der Waals surface area contributed by atoms with Crippen LogP contribution in [0.4, 0.5) is 5.69 Å². The summed E-state index contributed by atoms with van der Waals surface area (Å²) in [7, 11) is 1.32. The Kier molecular flexibility index (Phi) is 18.7. The molecule has 0 bridgehead atoms. The highest BCUT2D eigenvalue weighted by Crippen LogP contribution is 2.69. The minimum absolute atomic E-state index is 0.00647. The molecule has 0 aliphatic heterocycles. The highest BCUT2D eigenvalue weighted by atomic mass is 16.5. The van der Waals surface area contributed by atoms with E-state index < -0.39 is 23.2 Å². The number of anilines is 1. The molecule has 346 valence electrons. The highest BCUT2D eigenvalue weighted by Gasteiger charge is 2.64. The zero-order chi connectivity index (χ0) is 45.0. The Morgan fingerprint density at radius 3 is 2.34 bits per heavy atom. The molecule has 15 nitrogen and oxygen atoms in total. The summed E-state index contributed by atoms with van der Waals surface area (Å²) < 4.78 is 20.7. The number of methoxy groups -OCH3 is 1. The monoisotopic (exact) mass is 861 g/mol. The fourth-order valence-electron chi connectivity index (χ4n) is 11.9. The van der Waals surface area contributed by atoms with E-state index in [9.17, 15) is 34.5 Å². The fraction of sp³-hybridized carbons (Fsp3) is 0.783. The number of benzene rings is 1. The van der Waals surface area contributed by atoms with Crippen molar-refractivity contribution >= 4 is 29.9 Å². The molecule has 4 aliphatic rings. The number of aliphatic hydroxyl groups is 2. The van der Waals surface area contributed by atoms with Crippen molar-refractivity contribution in [3.8, 4) is 11.5 Å². The predicted molar refractivity (Wildman–Crippen MR) is 232 cm³/mol. The van der Waals surface area contributed by atoms with E-state index in [4.69, 9.17) is 30.4 Å². The topological polar surface area (TPSA) is 242 Å². The lowest BCUT2D eigenvalue weighted by Crippen LogP contribution is -2.59. The smallest absolute Gasteiger partial charge is 0.293 e. The number of carbonyl (C=O) groups excluding carboxylic acids is 4. The molecule has 61 heavy (non-hydrogen) atoms. The average molecular weight is 861 g/mol. The molecule has 0 spiro atoms. The molecule has 1 aromatic carbocycles. The summed E-state index contributed by atoms with van der Waals surface area (Å²) in [6, 6.07) is 2.58. The van der Waals surface area contributed by atoms with E-state index in [1.54, 1.807) is 6.92 Å². The number of hydrogen-bond acceptors (Lipinski definition) is 12. The maximum absolute atomic E-state index is 11.9. The van der Waals surface area contributed by atoms with Gasteiger partial charge in [0.1, 0.15) is 24.0 Å². The summed E-state index contributed by atoms with van der Waals surface area (Å²) in [5.41, 5.74) is 10.3. The Hall–Kier alpha value is -3.50. The largest absolute Gasteiger partial charge is 0.505 e. The van der Waals surface area contributed by atoms with Crippen LogP contribution in [0.3, 0.4) is 0 Å². The van der Waals surface area contributed by atoms with Gasteiger partial charge in [-0.25, -0.2) is 0 Å². The fourth-order valence-corrected chi connectivity index (χ4v) is 11.9. The molecule has 4 aliphatic carbocycles. The van der Waals surface area contributed by atoms with E-state index in [0.717, 1.165) is 44.9 Å². The number of rotatable bonds is 21. The molecule has 4 fully saturated rings. The van der Waals surface area contributed by atoms with Crippen LogP contribution in [0.5, 0.6) is 11.5 Å². The summed E-state index contributed by atoms with van der Waals surface area (Å²) in [6.07, 6.45) is 14.2. The van der Waals surface area contributed by atoms with Gasteiger partial charge in [-0.15, -0.1) is 0 Å². The molecule has 15 heteroatoms. The number of nitrogens with one attached hydrogen (secondary N) is 2. The lowest BCUT2D eigenvalue weighted by Gasteiger charge is -2.62. The van der Waals surface area contributed by atoms with E-state index in [1.165, 1.54) is 57.8 Å². The van der Waals surface area contributed by atoms with Gasteiger partial charge in [-0.05, 0) is 124 Å². The van der Waals surface area contributed by atoms with Gasteiger partial charge < -0.3 is 56.4 Å². The van der Waals surface area contributed by atoms with Crippen molar-refractivity contribution in [3.05, 3.63) is 17.7 Å². The van der Waals surface area contributed by atoms with Gasteiger partial charge in [-0.1, -0.05) is 46.5 Å². The van der Waals surface area contributed by atoms with Crippen LogP contribution < -0.4 is 26.8 Å². The van der Waals surface area contributed by atoms with Crippen molar-refractivity contribution in [1.82, 2.24) is 5.32 Å². The number of nitrogens with two attached hydrogens (primary N) is 2. The molecular weight excluding hydrogens is 785 g/mol. The van der Waals surface area contributed by atoms with Gasteiger partial charge in [0.15, 0.2) is 5.75 Å². The first kappa shape index (κ1) is 50.1. The number of hydrogen-bond donors (Lipinski definition) is 7. The Bertz CT molecular complexity index is 1610. The number of ether oxygens (including phenoxy) is 4. The standard InChI is InChI=1S/C28H48O4.C18H28N4O7/c1-5-6-7-8-13-28(4,31)25-10-9-21-20-17-24(30)23-16-19(32-18-29)11-14-26(23,2)22(20)12-15-27(21,25)3;1-11(19)9-14(23)21-5-6-28-7-8-29-10-15(24)22-12-3-4-13(27-2)16(17(12)25)18(20)26/h18-25,30-31H,5-17H2,1-4H3;3-4,11,25H,5-10,19H2,1-2H3,(H2,20,26)(H,21,23)(H,22,24)/t19?,20?,21?,22-,23?,24-,25?,26?,27?,28-;/m0./s1. The van der Waals surface area contributed by atoms with E-state index in [-0.39, 0.29) is 84.1 Å². The normalized spacial score (nSPS) is 30.5. The van der Waals surface area contributed by atoms with Crippen LogP contribution in [-0.2, 0) is 28.6 Å². The number of phenols is 1. The molecule has 0 aromatic heterocycles. The molecule has 3 amide bonds. The van der Waals surface area contributed by atoms with Crippen LogP contribution in [0.2, 0.25) is 0 Å². The van der Waals surface area contributed by atoms with Crippen LogP contribution in [0.1, 0.15) is 135 Å². The second kappa shape index (κ2) is 22.7. The summed E-state index contributed by atoms with van der Waals surface area (Å²) >= 11 is 0. The van der Waals surface area contributed by atoms with E-state index >= 15 is 0 Å². The van der Waals surface area contributed by atoms with Crippen molar-refractivity contribution in [2.24, 2.45) is 51.9 Å². The van der Waals surface area contributed by atoms with Gasteiger partial charge in [-0.2, -0.15) is 0 Å². The molecule has 0 saturated heterocycles. The molecule has 0 radical (unpaired) electrons. The maximum atomic E-state index is 11.9. The second-order valence-corrected chi connectivity index (χ2v) is 18.9. The van der Waals surface area contributed by atoms with Gasteiger partial charge in [0, 0.05) is 19.0 Å². The number of unbranched alkanes of at least 4 members (excludes halogenated alkanes) is 3. The van der Waals surface area contributed by atoms with Gasteiger partial charge in [-0.3, -0.25) is 19.2 Å². The number of carbonyl (C=O) groups is 4. The van der Waals surface area contributed by atoms with Crippen molar-refractivity contribution in [2.75, 3.05) is 45.4 Å². The Balaban J connectivity index is 0.000000270. The van der Waals surface area contributed by atoms with Gasteiger partial charge in [0.25, 0.3) is 12.4 Å². The number of fused-ring (bicyclic) bond motifs is 5. The molecule has 4 saturated carbocycles. The highest BCUT2D eigenvalue weighted by molar-refractivity contribution is 6.02. The van der Waals surface area contributed by atoms with Gasteiger partial charge >= 0.3 is 0 Å². The molecule has 8 unspecified atom stereocenters. The van der Waals surface area contributed by atoms with E-state index in [2.05, 4.69) is 38.3 Å². The third-order valence-corrected chi connectivity index (χ3v) is 14.7. The third kappa shape index (κ3) is 12.6. The molecule has 0 heterocycles. The van der Waals surface area contributed by atoms with Crippen molar-refractivity contribution < 1.29 is 53.4 Å². The summed E-state index contributed by atoms with van der Waals surface area (Å²) in [5.74, 6) is 0.486. The first-order valence-corrected chi connectivity index (χ1v) is 22.6. The van der Waals surface area contributed by atoms with E-state index in [0.29, 0.717) is 43.3 Å². The second-order valence-electron chi connectivity index (χ2n) is 18.9. The lowest BCUT2D eigenvalue weighted by atomic mass is 9.43. The zero-order valence-electron chi connectivity index (χ0n) is 37.5. The number of primary amides is 1. The first-order valence-electron chi connectivity index (χ1n) is 22.6. The summed E-state index contributed by atoms with van der Waals surface area (Å²) in [6.45, 7) is 12.3. The van der Waals surface area contributed by atoms with Crippen molar-refractivity contribution in [2.45, 2.75) is 148 Å². The van der Waals surface area contributed by atoms with E-state index in [1.807, 2.05) is 0 Å². The molecule has 1 aromatic rings. The maximum Gasteiger partial charge on any atom is 0.293 e. The van der Waals surface area contributed by atoms with Crippen molar-refractivity contribution in [3.63, 3.8) is 0 Å². The minimum atomic E-state index is -0.891. The minimum Gasteiger partial charge on any atom is -0.505 e. The van der Waals surface area contributed by atoms with Crippen LogP contribution >= 0.6 is 0 Å². The van der Waals surface area contributed by atoms with Crippen LogP contribution in [0.15, 0.2) is 12.1 Å². The van der Waals surface area contributed by atoms with Crippen LogP contribution in [0.25, 0.3) is 0 Å². The quantitative estimate of drug-likeness (QED) is 0.0479. The Labute approximate surface area is 362 Å². The zero-order valence-corrected chi connectivity index (χ0v) is 37.5. The van der Waals surface area contributed by atoms with Crippen LogP contribution in [-0.4, -0.2) is 103 Å². The number of aromatic hydroxyl groups is 1. The predicted octanol–water partition coefficient (Wildman–Crippen LogP) is 5.20. The number of amides is 3. The number of aliphatic hydroxyl groups excluding tert-OH is 1. The first-order chi connectivity index (χ1) is 28.9. The molecule has 9 N–H and O–H groups in total. The van der Waals surface area contributed by atoms with Crippen molar-refractivity contribution in [1.29, 1.82) is 0 Å². The molecular formula is C46H76N4O11. The SMILES string of the molecule is CCCCCC[C@](C)(O)C1CCC2C3C[C@H](O)C4CC(OC=O)CCC4(C)[C@H]3CCC21C.COc1ccc(NC(=O)COCCOCCNC(=O)CC(C)N)c(O)c1C(N)=O. The van der Waals surface area contributed by atoms with Crippen LogP contribution in [0, 0.1) is 40.4 Å². The molecule has 5 rings (SSSR count). The van der Waals surface area contributed by atoms with Gasteiger partial charge in [0.2, 0.25) is 11.8 Å². The Morgan fingerprint density at radius 1 is 0.967 bits per heavy atom.